The minimum Gasteiger partial charge on any atom is -0.507 e. The van der Waals surface area contributed by atoms with Crippen molar-refractivity contribution < 1.29 is 48.6 Å². The van der Waals surface area contributed by atoms with Crippen molar-refractivity contribution in [2.75, 3.05) is 13.7 Å². The fourth-order valence-electron chi connectivity index (χ4n) is 6.53. The molecule has 7 atom stereocenters. The summed E-state index contributed by atoms with van der Waals surface area (Å²) in [7, 11) is 1.38. The minimum absolute atomic E-state index is 0.0128. The first-order valence-electron chi connectivity index (χ1n) is 14.1. The Morgan fingerprint density at radius 2 is 1.76 bits per heavy atom. The van der Waals surface area contributed by atoms with E-state index >= 15 is 0 Å². The largest absolute Gasteiger partial charge is 0.507 e. The maximum absolute atomic E-state index is 13.7. The van der Waals surface area contributed by atoms with E-state index < -0.39 is 59.8 Å². The summed E-state index contributed by atoms with van der Waals surface area (Å²) in [6, 6.07) is 4.16. The Morgan fingerprint density at radius 1 is 0.976 bits per heavy atom. The molecule has 4 aliphatic rings. The molecule has 0 saturated carbocycles. The quantitative estimate of drug-likeness (QED) is 0.334. The fourth-order valence-corrected chi connectivity index (χ4v) is 6.53. The molecule has 0 spiro atoms. The number of benzene rings is 2. The van der Waals surface area contributed by atoms with Crippen molar-refractivity contribution in [2.45, 2.75) is 88.5 Å². The van der Waals surface area contributed by atoms with Crippen LogP contribution in [0, 0.1) is 0 Å². The molecule has 2 saturated heterocycles. The van der Waals surface area contributed by atoms with Crippen LogP contribution in [0.2, 0.25) is 0 Å². The normalized spacial score (nSPS) is 31.3. The van der Waals surface area contributed by atoms with Crippen LogP contribution in [0.25, 0.3) is 0 Å². The van der Waals surface area contributed by atoms with E-state index in [1.165, 1.54) is 13.2 Å². The summed E-state index contributed by atoms with van der Waals surface area (Å²) in [5, 5.41) is 33.5. The minimum atomic E-state index is -0.949. The van der Waals surface area contributed by atoms with E-state index in [9.17, 15) is 24.9 Å². The molecule has 5 N–H and O–H groups in total. The Hall–Kier alpha value is -3.06. The highest BCUT2D eigenvalue weighted by atomic mass is 16.7. The van der Waals surface area contributed by atoms with Crippen LogP contribution < -0.4 is 10.5 Å². The lowest BCUT2D eigenvalue weighted by Crippen LogP contribution is -2.54. The number of fused-ring (bicyclic) bond motifs is 3. The van der Waals surface area contributed by atoms with Crippen LogP contribution in [0.4, 0.5) is 0 Å². The van der Waals surface area contributed by atoms with Crippen LogP contribution in [0.1, 0.15) is 88.1 Å². The van der Waals surface area contributed by atoms with Crippen molar-refractivity contribution in [1.82, 2.24) is 0 Å². The molecule has 2 aliphatic carbocycles. The summed E-state index contributed by atoms with van der Waals surface area (Å²) in [4.78, 5) is 27.2. The first kappa shape index (κ1) is 28.1. The number of ketones is 2. The second kappa shape index (κ2) is 11.0. The molecule has 6 rings (SSSR count). The lowest BCUT2D eigenvalue weighted by molar-refractivity contribution is -0.280. The van der Waals surface area contributed by atoms with E-state index in [1.807, 2.05) is 6.92 Å². The molecule has 0 radical (unpaired) electrons. The van der Waals surface area contributed by atoms with E-state index in [4.69, 9.17) is 29.4 Å². The predicted molar refractivity (Wildman–Crippen MR) is 143 cm³/mol. The molecule has 7 unspecified atom stereocenters. The summed E-state index contributed by atoms with van der Waals surface area (Å²) in [5.41, 5.74) is 6.24. The van der Waals surface area contributed by atoms with E-state index in [0.29, 0.717) is 6.61 Å². The Morgan fingerprint density at radius 3 is 2.46 bits per heavy atom. The Bertz CT molecular complexity index is 1360. The summed E-state index contributed by atoms with van der Waals surface area (Å²) in [6.45, 7) is 2.48. The number of carbonyl (C=O) groups excluding carboxylic acids is 2. The van der Waals surface area contributed by atoms with Gasteiger partial charge in [0.2, 0.25) is 5.78 Å². The van der Waals surface area contributed by atoms with Gasteiger partial charge in [-0.3, -0.25) is 9.59 Å². The maximum Gasteiger partial charge on any atom is 0.202 e. The van der Waals surface area contributed by atoms with E-state index in [-0.39, 0.29) is 64.7 Å². The number of nitrogens with two attached hydrogens (primary N) is 1. The van der Waals surface area contributed by atoms with Gasteiger partial charge in [0.25, 0.3) is 0 Å². The van der Waals surface area contributed by atoms with Crippen LogP contribution >= 0.6 is 0 Å². The lowest BCUT2D eigenvalue weighted by atomic mass is 9.76. The molecule has 11 nitrogen and oxygen atoms in total. The second-order valence-electron chi connectivity index (χ2n) is 11.2. The van der Waals surface area contributed by atoms with Crippen molar-refractivity contribution >= 4 is 11.6 Å². The van der Waals surface area contributed by atoms with Gasteiger partial charge in [0, 0.05) is 48.6 Å². The standard InChI is InChI=1S/C30H35NO10/c1-13-30(41-20-8-3-4-9-38-20)17(31)12-21(39-13)40-19-11-14(32)10-16-23(19)29(36)25-24(27(16)34)26(33)15-6-5-7-18(37-2)22(15)28(25)35/h5-7,13-14,17,19-21,30,32,34,36H,3-4,8-12,31H2,1-2H3. The summed E-state index contributed by atoms with van der Waals surface area (Å²) >= 11 is 0. The zero-order valence-corrected chi connectivity index (χ0v) is 23.0. The van der Waals surface area contributed by atoms with Crippen molar-refractivity contribution in [1.29, 1.82) is 0 Å². The van der Waals surface area contributed by atoms with Gasteiger partial charge < -0.3 is 44.7 Å². The van der Waals surface area contributed by atoms with Gasteiger partial charge >= 0.3 is 0 Å². The smallest absolute Gasteiger partial charge is 0.202 e. The fraction of sp³-hybridized carbons (Fsp3) is 0.533. The highest BCUT2D eigenvalue weighted by molar-refractivity contribution is 6.31. The summed E-state index contributed by atoms with van der Waals surface area (Å²) in [6.07, 6.45) is -0.774. The van der Waals surface area contributed by atoms with Gasteiger partial charge in [0.1, 0.15) is 23.4 Å². The summed E-state index contributed by atoms with van der Waals surface area (Å²) in [5.74, 6) is -2.02. The number of rotatable bonds is 5. The number of carbonyl (C=O) groups is 2. The average molecular weight is 570 g/mol. The zero-order chi connectivity index (χ0) is 29.0. The third-order valence-corrected chi connectivity index (χ3v) is 8.49. The number of phenols is 2. The lowest BCUT2D eigenvalue weighted by Gasteiger charge is -2.42. The summed E-state index contributed by atoms with van der Waals surface area (Å²) < 4.78 is 29.5. The van der Waals surface area contributed by atoms with Crippen molar-refractivity contribution in [3.63, 3.8) is 0 Å². The highest BCUT2D eigenvalue weighted by Gasteiger charge is 2.44. The van der Waals surface area contributed by atoms with Gasteiger partial charge in [-0.15, -0.1) is 0 Å². The van der Waals surface area contributed by atoms with Crippen LogP contribution in [0.5, 0.6) is 17.2 Å². The van der Waals surface area contributed by atoms with Crippen LogP contribution in [0.3, 0.4) is 0 Å². The SMILES string of the molecule is COc1cccc2c1C(=O)c1c(O)c3c(c(O)c1C2=O)CC(O)CC3OC1CC(N)C(OC2CCCCO2)C(C)O1. The molecule has 2 fully saturated rings. The molecule has 2 aromatic rings. The molecule has 11 heteroatoms. The van der Waals surface area contributed by atoms with Crippen LogP contribution in [-0.4, -0.2) is 77.5 Å². The Balaban J connectivity index is 1.31. The average Bonchev–Trinajstić information content (AvgIpc) is 2.95. The molecule has 41 heavy (non-hydrogen) atoms. The van der Waals surface area contributed by atoms with Crippen molar-refractivity contribution in [3.05, 3.63) is 51.6 Å². The van der Waals surface area contributed by atoms with E-state index in [0.717, 1.165) is 19.3 Å². The van der Waals surface area contributed by atoms with Gasteiger partial charge in [0.15, 0.2) is 18.4 Å². The van der Waals surface area contributed by atoms with Gasteiger partial charge in [0.05, 0.1) is 42.1 Å². The molecule has 0 aromatic heterocycles. The van der Waals surface area contributed by atoms with Gasteiger partial charge in [-0.1, -0.05) is 12.1 Å². The number of aliphatic hydroxyl groups is 1. The van der Waals surface area contributed by atoms with Gasteiger partial charge in [-0.05, 0) is 32.3 Å². The molecule has 2 heterocycles. The molecular formula is C30H35NO10. The maximum atomic E-state index is 13.7. The molecular weight excluding hydrogens is 534 g/mol. The zero-order valence-electron chi connectivity index (χ0n) is 23.0. The Kier molecular flexibility index (Phi) is 7.52. The second-order valence-corrected chi connectivity index (χ2v) is 11.2. The predicted octanol–water partition coefficient (Wildman–Crippen LogP) is 2.62. The first-order chi connectivity index (χ1) is 19.7. The molecule has 0 amide bonds. The monoisotopic (exact) mass is 569 g/mol. The number of aliphatic hydroxyl groups excluding tert-OH is 1. The molecule has 220 valence electrons. The number of hydrogen-bond donors (Lipinski definition) is 4. The number of ether oxygens (including phenoxy) is 5. The van der Waals surface area contributed by atoms with Crippen LogP contribution in [-0.2, 0) is 25.4 Å². The van der Waals surface area contributed by atoms with E-state index in [2.05, 4.69) is 0 Å². The van der Waals surface area contributed by atoms with Crippen molar-refractivity contribution in [3.8, 4) is 17.2 Å². The van der Waals surface area contributed by atoms with Crippen molar-refractivity contribution in [2.24, 2.45) is 5.73 Å². The van der Waals surface area contributed by atoms with Gasteiger partial charge in [-0.25, -0.2) is 0 Å². The number of methoxy groups -OCH3 is 1. The van der Waals surface area contributed by atoms with Gasteiger partial charge in [-0.2, -0.15) is 0 Å². The molecule has 2 aliphatic heterocycles. The molecule has 0 bridgehead atoms. The Labute approximate surface area is 237 Å². The number of hydrogen-bond acceptors (Lipinski definition) is 11. The highest BCUT2D eigenvalue weighted by Crippen LogP contribution is 2.50. The number of aromatic hydroxyl groups is 2. The number of phenolic OH excluding ortho intramolecular Hbond substituents is 2. The van der Waals surface area contributed by atoms with E-state index in [1.54, 1.807) is 12.1 Å². The topological polar surface area (TPSA) is 167 Å². The third kappa shape index (κ3) is 4.80. The first-order valence-corrected chi connectivity index (χ1v) is 14.1. The van der Waals surface area contributed by atoms with Crippen LogP contribution in [0.15, 0.2) is 18.2 Å². The molecule has 2 aromatic carbocycles. The third-order valence-electron chi connectivity index (χ3n) is 8.49.